The Kier molecular flexibility index (Phi) is 4.93. The molecule has 6 heteroatoms. The van der Waals surface area contributed by atoms with E-state index in [-0.39, 0.29) is 5.91 Å². The number of carbonyl (C=O) groups excluding carboxylic acids is 1. The van der Waals surface area contributed by atoms with Gasteiger partial charge in [-0.05, 0) is 30.7 Å². The van der Waals surface area contributed by atoms with Gasteiger partial charge in [0.25, 0.3) is 0 Å². The Hall–Kier alpha value is -2.73. The van der Waals surface area contributed by atoms with Gasteiger partial charge in [0.1, 0.15) is 0 Å². The predicted octanol–water partition coefficient (Wildman–Crippen LogP) is 3.79. The number of aromatic nitrogens is 3. The number of hydrogen-bond donors (Lipinski definition) is 1. The van der Waals surface area contributed by atoms with Crippen molar-refractivity contribution in [3.8, 4) is 0 Å². The number of rotatable bonds is 7. The van der Waals surface area contributed by atoms with Gasteiger partial charge in [0.15, 0.2) is 0 Å². The zero-order chi connectivity index (χ0) is 17.8. The Bertz CT molecular complexity index is 1000. The lowest BCUT2D eigenvalue weighted by atomic mass is 10.3. The van der Waals surface area contributed by atoms with Gasteiger partial charge < -0.3 is 9.88 Å². The first-order valence-corrected chi connectivity index (χ1v) is 9.62. The lowest BCUT2D eigenvalue weighted by Gasteiger charge is -2.06. The number of aryl methyl sites for hydroxylation is 2. The van der Waals surface area contributed by atoms with Gasteiger partial charge in [-0.3, -0.25) is 4.79 Å². The molecule has 1 N–H and O–H groups in total. The summed E-state index contributed by atoms with van der Waals surface area (Å²) in [7, 11) is 0. The molecular weight excluding hydrogens is 344 g/mol. The van der Waals surface area contributed by atoms with Crippen LogP contribution in [0.15, 0.2) is 54.9 Å². The van der Waals surface area contributed by atoms with E-state index in [2.05, 4.69) is 21.4 Å². The Morgan fingerprint density at radius 3 is 2.77 bits per heavy atom. The van der Waals surface area contributed by atoms with E-state index in [1.165, 1.54) is 4.70 Å². The fraction of sp³-hybridized carbons (Fsp3) is 0.250. The highest BCUT2D eigenvalue weighted by atomic mass is 32.1. The minimum absolute atomic E-state index is 0.0760. The maximum absolute atomic E-state index is 12.1. The van der Waals surface area contributed by atoms with Crippen molar-refractivity contribution in [1.82, 2.24) is 19.9 Å². The Balaban J connectivity index is 1.21. The van der Waals surface area contributed by atoms with Crippen molar-refractivity contribution in [2.24, 2.45) is 0 Å². The second-order valence-corrected chi connectivity index (χ2v) is 7.32. The Morgan fingerprint density at radius 1 is 1.08 bits per heavy atom. The number of fused-ring (bicyclic) bond motifs is 2. The molecule has 0 aliphatic heterocycles. The van der Waals surface area contributed by atoms with Gasteiger partial charge in [0.05, 0.1) is 32.6 Å². The van der Waals surface area contributed by atoms with Gasteiger partial charge in [-0.2, -0.15) is 0 Å². The number of thiazole rings is 1. The van der Waals surface area contributed by atoms with Crippen LogP contribution in [0.1, 0.15) is 17.8 Å². The number of amides is 1. The summed E-state index contributed by atoms with van der Waals surface area (Å²) in [5.41, 5.74) is 3.09. The summed E-state index contributed by atoms with van der Waals surface area (Å²) in [5, 5.41) is 4.13. The fourth-order valence-electron chi connectivity index (χ4n) is 2.99. The largest absolute Gasteiger partial charge is 0.356 e. The van der Waals surface area contributed by atoms with Crippen LogP contribution in [0.4, 0.5) is 0 Å². The number of nitrogens with zero attached hydrogens (tertiary/aromatic N) is 3. The normalized spacial score (nSPS) is 11.2. The maximum atomic E-state index is 12.1. The van der Waals surface area contributed by atoms with E-state index in [1.54, 1.807) is 17.7 Å². The molecule has 0 fully saturated rings. The summed E-state index contributed by atoms with van der Waals surface area (Å²) in [6.45, 7) is 1.32. The highest BCUT2D eigenvalue weighted by Crippen LogP contribution is 2.22. The van der Waals surface area contributed by atoms with E-state index in [4.69, 9.17) is 0 Å². The molecule has 0 radical (unpaired) electrons. The van der Waals surface area contributed by atoms with Crippen molar-refractivity contribution in [1.29, 1.82) is 0 Å². The molecule has 5 nitrogen and oxygen atoms in total. The fourth-order valence-corrected chi connectivity index (χ4v) is 4.00. The molecule has 0 saturated heterocycles. The van der Waals surface area contributed by atoms with E-state index >= 15 is 0 Å². The van der Waals surface area contributed by atoms with Crippen molar-refractivity contribution in [3.05, 3.63) is 59.9 Å². The Labute approximate surface area is 155 Å². The van der Waals surface area contributed by atoms with Crippen molar-refractivity contribution in [3.63, 3.8) is 0 Å². The molecule has 2 aromatic carbocycles. The number of carbonyl (C=O) groups is 1. The molecule has 0 aliphatic carbocycles. The third-order valence-corrected chi connectivity index (χ3v) is 5.43. The average Bonchev–Trinajstić information content (AvgIpc) is 3.27. The van der Waals surface area contributed by atoms with E-state index < -0.39 is 0 Å². The molecule has 0 saturated carbocycles. The SMILES string of the molecule is O=C(CCn1cnc2ccccc21)NCCCc1nc2ccccc2s1. The maximum Gasteiger partial charge on any atom is 0.221 e. The van der Waals surface area contributed by atoms with Crippen LogP contribution in [-0.2, 0) is 17.8 Å². The molecule has 0 unspecified atom stereocenters. The molecule has 4 aromatic rings. The summed E-state index contributed by atoms with van der Waals surface area (Å²) in [6.07, 6.45) is 4.05. The lowest BCUT2D eigenvalue weighted by Crippen LogP contribution is -2.25. The van der Waals surface area contributed by atoms with Crippen molar-refractivity contribution in [2.45, 2.75) is 25.8 Å². The summed E-state index contributed by atoms with van der Waals surface area (Å²) in [5.74, 6) is 0.0760. The third kappa shape index (κ3) is 3.75. The summed E-state index contributed by atoms with van der Waals surface area (Å²) in [4.78, 5) is 21.0. The Morgan fingerprint density at radius 2 is 1.88 bits per heavy atom. The third-order valence-electron chi connectivity index (χ3n) is 4.33. The molecule has 1 amide bonds. The molecular formula is C20H20N4OS. The molecule has 26 heavy (non-hydrogen) atoms. The van der Waals surface area contributed by atoms with Gasteiger partial charge in [-0.1, -0.05) is 24.3 Å². The smallest absolute Gasteiger partial charge is 0.221 e. The monoisotopic (exact) mass is 364 g/mol. The van der Waals surface area contributed by atoms with Crippen LogP contribution in [0.25, 0.3) is 21.3 Å². The quantitative estimate of drug-likeness (QED) is 0.508. The van der Waals surface area contributed by atoms with Crippen molar-refractivity contribution in [2.75, 3.05) is 6.54 Å². The van der Waals surface area contributed by atoms with Crippen molar-refractivity contribution >= 4 is 38.5 Å². The first kappa shape index (κ1) is 16.7. The number of nitrogens with one attached hydrogen (secondary N) is 1. The topological polar surface area (TPSA) is 59.8 Å². The van der Waals surface area contributed by atoms with E-state index in [9.17, 15) is 4.79 Å². The van der Waals surface area contributed by atoms with Crippen LogP contribution in [-0.4, -0.2) is 27.0 Å². The number of benzene rings is 2. The lowest BCUT2D eigenvalue weighted by molar-refractivity contribution is -0.121. The summed E-state index contributed by atoms with van der Waals surface area (Å²) >= 11 is 1.73. The first-order valence-electron chi connectivity index (χ1n) is 8.80. The molecule has 0 aliphatic rings. The number of imidazole rings is 1. The van der Waals surface area contributed by atoms with Gasteiger partial charge in [0.2, 0.25) is 5.91 Å². The minimum Gasteiger partial charge on any atom is -0.356 e. The van der Waals surface area contributed by atoms with Gasteiger partial charge in [-0.25, -0.2) is 9.97 Å². The number of para-hydroxylation sites is 3. The first-order chi connectivity index (χ1) is 12.8. The standard InChI is InChI=1S/C20H20N4OS/c25-19(11-13-24-14-22-15-6-1-3-8-17(15)24)21-12-5-10-20-23-16-7-2-4-9-18(16)26-20/h1-4,6-9,14H,5,10-13H2,(H,21,25). The van der Waals surface area contributed by atoms with Crippen LogP contribution in [0.3, 0.4) is 0 Å². The minimum atomic E-state index is 0.0760. The second kappa shape index (κ2) is 7.66. The second-order valence-electron chi connectivity index (χ2n) is 6.21. The van der Waals surface area contributed by atoms with Gasteiger partial charge in [0, 0.05) is 25.9 Å². The highest BCUT2D eigenvalue weighted by Gasteiger charge is 2.06. The van der Waals surface area contributed by atoms with E-state index in [0.717, 1.165) is 34.4 Å². The van der Waals surface area contributed by atoms with Gasteiger partial charge >= 0.3 is 0 Å². The van der Waals surface area contributed by atoms with Crippen LogP contribution in [0.2, 0.25) is 0 Å². The summed E-state index contributed by atoms with van der Waals surface area (Å²) in [6, 6.07) is 16.1. The van der Waals surface area contributed by atoms with Crippen LogP contribution in [0, 0.1) is 0 Å². The molecule has 2 heterocycles. The van der Waals surface area contributed by atoms with Gasteiger partial charge in [-0.15, -0.1) is 11.3 Å². The molecule has 4 rings (SSSR count). The molecule has 2 aromatic heterocycles. The van der Waals surface area contributed by atoms with E-state index in [1.807, 2.05) is 47.0 Å². The molecule has 0 spiro atoms. The predicted molar refractivity (Wildman–Crippen MR) is 105 cm³/mol. The zero-order valence-corrected chi connectivity index (χ0v) is 15.2. The van der Waals surface area contributed by atoms with Crippen molar-refractivity contribution < 1.29 is 4.79 Å². The highest BCUT2D eigenvalue weighted by molar-refractivity contribution is 7.18. The molecule has 0 atom stereocenters. The van der Waals surface area contributed by atoms with Crippen LogP contribution < -0.4 is 5.32 Å². The summed E-state index contributed by atoms with van der Waals surface area (Å²) < 4.78 is 3.25. The van der Waals surface area contributed by atoms with Crippen LogP contribution >= 0.6 is 11.3 Å². The van der Waals surface area contributed by atoms with Crippen LogP contribution in [0.5, 0.6) is 0 Å². The molecule has 0 bridgehead atoms. The zero-order valence-electron chi connectivity index (χ0n) is 14.4. The average molecular weight is 364 g/mol. The number of hydrogen-bond acceptors (Lipinski definition) is 4. The molecule has 132 valence electrons. The van der Waals surface area contributed by atoms with E-state index in [0.29, 0.717) is 19.5 Å².